The van der Waals surface area contributed by atoms with E-state index >= 15 is 0 Å². The van der Waals surface area contributed by atoms with Crippen molar-refractivity contribution in [2.45, 2.75) is 38.2 Å². The lowest BCUT2D eigenvalue weighted by Gasteiger charge is -2.44. The van der Waals surface area contributed by atoms with Gasteiger partial charge in [0.2, 0.25) is 5.78 Å². The van der Waals surface area contributed by atoms with Crippen molar-refractivity contribution in [1.82, 2.24) is 0 Å². The maximum absolute atomic E-state index is 11.4. The van der Waals surface area contributed by atoms with E-state index in [1.165, 1.54) is 25.0 Å². The van der Waals surface area contributed by atoms with E-state index < -0.39 is 0 Å². The average molecular weight is 232 g/mol. The van der Waals surface area contributed by atoms with Gasteiger partial charge in [-0.15, -0.1) is 0 Å². The molecule has 2 atom stereocenters. The first-order chi connectivity index (χ1) is 8.08. The van der Waals surface area contributed by atoms with Gasteiger partial charge in [0.15, 0.2) is 5.76 Å². The summed E-state index contributed by atoms with van der Waals surface area (Å²) in [5, 5.41) is 9.45. The molecule has 1 aliphatic heterocycles. The fourth-order valence-electron chi connectivity index (χ4n) is 2.97. The Hall–Kier alpha value is -1.51. The Morgan fingerprint density at radius 1 is 1.41 bits per heavy atom. The standard InChI is InChI=1S/C14H16O3/c1-14-5-3-2-4-10(14)6-9-7-11(15)12(16)8-13(9)17-14/h6-8,10,15H,2-5H2,1H3/t10-,14-/m0/s1. The maximum atomic E-state index is 11.4. The van der Waals surface area contributed by atoms with E-state index in [0.717, 1.165) is 18.4 Å². The fraction of sp³-hybridized carbons (Fsp3) is 0.500. The third-order valence-electron chi connectivity index (χ3n) is 4.04. The van der Waals surface area contributed by atoms with E-state index in [1.54, 1.807) is 0 Å². The average Bonchev–Trinajstić information content (AvgIpc) is 2.28. The van der Waals surface area contributed by atoms with Crippen LogP contribution in [0.15, 0.2) is 35.3 Å². The quantitative estimate of drug-likeness (QED) is 0.698. The third-order valence-corrected chi connectivity index (χ3v) is 4.04. The molecule has 3 rings (SSSR count). The number of carbonyl (C=O) groups is 1. The number of allylic oxidation sites excluding steroid dienone is 2. The molecule has 2 aliphatic carbocycles. The molecule has 3 aliphatic rings. The molecular formula is C14H16O3. The Bertz CT molecular complexity index is 470. The van der Waals surface area contributed by atoms with Crippen LogP contribution < -0.4 is 0 Å². The number of ketones is 1. The van der Waals surface area contributed by atoms with Gasteiger partial charge < -0.3 is 9.84 Å². The zero-order valence-electron chi connectivity index (χ0n) is 9.90. The van der Waals surface area contributed by atoms with E-state index in [-0.39, 0.29) is 17.1 Å². The Morgan fingerprint density at radius 3 is 3.06 bits per heavy atom. The van der Waals surface area contributed by atoms with E-state index in [0.29, 0.717) is 11.7 Å². The van der Waals surface area contributed by atoms with Crippen molar-refractivity contribution in [1.29, 1.82) is 0 Å². The molecule has 17 heavy (non-hydrogen) atoms. The predicted molar refractivity (Wildman–Crippen MR) is 63.3 cm³/mol. The van der Waals surface area contributed by atoms with E-state index in [2.05, 4.69) is 13.0 Å². The minimum absolute atomic E-state index is 0.172. The Labute approximate surface area is 100 Å². The molecule has 3 nitrogen and oxygen atoms in total. The van der Waals surface area contributed by atoms with Gasteiger partial charge in [-0.1, -0.05) is 12.5 Å². The van der Waals surface area contributed by atoms with Gasteiger partial charge in [-0.25, -0.2) is 0 Å². The molecule has 1 N–H and O–H groups in total. The van der Waals surface area contributed by atoms with Crippen LogP contribution in [0, 0.1) is 5.92 Å². The molecule has 0 radical (unpaired) electrons. The molecule has 90 valence electrons. The SMILES string of the molecule is C[C@]12CCCC[C@H]1C=C1C=C(O)C(=O)C=C1O2. The van der Waals surface area contributed by atoms with Gasteiger partial charge in [-0.05, 0) is 32.3 Å². The molecular weight excluding hydrogens is 216 g/mol. The molecule has 1 fully saturated rings. The van der Waals surface area contributed by atoms with Crippen LogP contribution in [0.5, 0.6) is 0 Å². The number of hydrogen-bond donors (Lipinski definition) is 1. The molecule has 0 aromatic carbocycles. The minimum Gasteiger partial charge on any atom is -0.504 e. The van der Waals surface area contributed by atoms with Gasteiger partial charge in [0.05, 0.1) is 0 Å². The molecule has 0 aromatic heterocycles. The lowest BCUT2D eigenvalue weighted by Crippen LogP contribution is -2.42. The summed E-state index contributed by atoms with van der Waals surface area (Å²) in [5.41, 5.74) is 0.681. The molecule has 0 unspecified atom stereocenters. The summed E-state index contributed by atoms with van der Waals surface area (Å²) in [6.45, 7) is 2.12. The van der Waals surface area contributed by atoms with Gasteiger partial charge in [-0.3, -0.25) is 4.79 Å². The molecule has 0 bridgehead atoms. The molecule has 0 saturated heterocycles. The number of aliphatic hydroxyl groups excluding tert-OH is 1. The largest absolute Gasteiger partial charge is 0.504 e. The van der Waals surface area contributed by atoms with Gasteiger partial charge in [0.25, 0.3) is 0 Å². The maximum Gasteiger partial charge on any atom is 0.223 e. The number of hydrogen-bond acceptors (Lipinski definition) is 3. The first kappa shape index (κ1) is 10.6. The third kappa shape index (κ3) is 1.61. The van der Waals surface area contributed by atoms with Crippen LogP contribution in [0.25, 0.3) is 0 Å². The number of fused-ring (bicyclic) bond motifs is 2. The highest BCUT2D eigenvalue weighted by Gasteiger charge is 2.42. The monoisotopic (exact) mass is 232 g/mol. The number of aliphatic hydroxyl groups is 1. The second kappa shape index (κ2) is 3.49. The summed E-state index contributed by atoms with van der Waals surface area (Å²) < 4.78 is 6.02. The van der Waals surface area contributed by atoms with Crippen molar-refractivity contribution in [3.05, 3.63) is 35.3 Å². The van der Waals surface area contributed by atoms with E-state index in [1.807, 2.05) is 0 Å². The Balaban J connectivity index is 2.02. The van der Waals surface area contributed by atoms with Gasteiger partial charge in [-0.2, -0.15) is 0 Å². The molecule has 0 aromatic rings. The second-order valence-electron chi connectivity index (χ2n) is 5.29. The highest BCUT2D eigenvalue weighted by molar-refractivity contribution is 6.04. The van der Waals surface area contributed by atoms with Crippen molar-refractivity contribution in [2.24, 2.45) is 5.92 Å². The van der Waals surface area contributed by atoms with Crippen LogP contribution in [-0.4, -0.2) is 16.5 Å². The predicted octanol–water partition coefficient (Wildman–Crippen LogP) is 2.80. The molecule has 0 spiro atoms. The van der Waals surface area contributed by atoms with Crippen LogP contribution in [0.3, 0.4) is 0 Å². The lowest BCUT2D eigenvalue weighted by molar-refractivity contribution is -0.114. The highest BCUT2D eigenvalue weighted by atomic mass is 16.5. The minimum atomic E-state index is -0.366. The van der Waals surface area contributed by atoms with Gasteiger partial charge in [0, 0.05) is 17.6 Å². The van der Waals surface area contributed by atoms with Crippen molar-refractivity contribution >= 4 is 5.78 Å². The van der Waals surface area contributed by atoms with E-state index in [9.17, 15) is 9.90 Å². The molecule has 0 amide bonds. The Kier molecular flexibility index (Phi) is 2.18. The zero-order valence-corrected chi connectivity index (χ0v) is 9.90. The number of rotatable bonds is 0. The normalized spacial score (nSPS) is 35.9. The van der Waals surface area contributed by atoms with Crippen molar-refractivity contribution in [3.8, 4) is 0 Å². The van der Waals surface area contributed by atoms with Crippen LogP contribution in [-0.2, 0) is 9.53 Å². The van der Waals surface area contributed by atoms with Crippen LogP contribution >= 0.6 is 0 Å². The van der Waals surface area contributed by atoms with E-state index in [4.69, 9.17) is 4.74 Å². The smallest absolute Gasteiger partial charge is 0.223 e. The van der Waals surface area contributed by atoms with Crippen molar-refractivity contribution in [2.75, 3.05) is 0 Å². The highest BCUT2D eigenvalue weighted by Crippen LogP contribution is 2.45. The summed E-state index contributed by atoms with van der Waals surface area (Å²) in [4.78, 5) is 11.4. The molecule has 1 saturated carbocycles. The van der Waals surface area contributed by atoms with Gasteiger partial charge >= 0.3 is 0 Å². The van der Waals surface area contributed by atoms with Crippen LogP contribution in [0.2, 0.25) is 0 Å². The summed E-state index contributed by atoms with van der Waals surface area (Å²) in [5.74, 6) is 0.451. The first-order valence-corrected chi connectivity index (χ1v) is 6.16. The topological polar surface area (TPSA) is 46.5 Å². The number of carbonyl (C=O) groups excluding carboxylic acids is 1. The first-order valence-electron chi connectivity index (χ1n) is 6.16. The van der Waals surface area contributed by atoms with Crippen LogP contribution in [0.4, 0.5) is 0 Å². The van der Waals surface area contributed by atoms with Crippen molar-refractivity contribution < 1.29 is 14.6 Å². The summed E-state index contributed by atoms with van der Waals surface area (Å²) in [6, 6.07) is 0. The Morgan fingerprint density at radius 2 is 2.24 bits per heavy atom. The summed E-state index contributed by atoms with van der Waals surface area (Å²) in [6.07, 6.45) is 9.62. The van der Waals surface area contributed by atoms with Crippen molar-refractivity contribution in [3.63, 3.8) is 0 Å². The fourth-order valence-corrected chi connectivity index (χ4v) is 2.97. The zero-order chi connectivity index (χ0) is 12.0. The van der Waals surface area contributed by atoms with Gasteiger partial charge in [0.1, 0.15) is 11.4 Å². The second-order valence-corrected chi connectivity index (χ2v) is 5.29. The summed E-state index contributed by atoms with van der Waals surface area (Å²) in [7, 11) is 0. The number of ether oxygens (including phenoxy) is 1. The molecule has 1 heterocycles. The lowest BCUT2D eigenvalue weighted by atomic mass is 9.73. The van der Waals surface area contributed by atoms with Crippen LogP contribution in [0.1, 0.15) is 32.6 Å². The molecule has 3 heteroatoms. The summed E-state index contributed by atoms with van der Waals surface area (Å²) >= 11 is 0.